The van der Waals surface area contributed by atoms with Crippen LogP contribution in [0.15, 0.2) is 53.8 Å². The molecule has 0 bridgehead atoms. The van der Waals surface area contributed by atoms with E-state index in [2.05, 4.69) is 21.4 Å². The first-order valence-corrected chi connectivity index (χ1v) is 10.0. The Morgan fingerprint density at radius 3 is 2.68 bits per heavy atom. The van der Waals surface area contributed by atoms with Crippen molar-refractivity contribution in [2.24, 2.45) is 0 Å². The third-order valence-electron chi connectivity index (χ3n) is 4.08. The number of nitriles is 1. The average Bonchev–Trinajstić information content (AvgIpc) is 2.75. The first kappa shape index (κ1) is 21.7. The van der Waals surface area contributed by atoms with E-state index in [4.69, 9.17) is 10.00 Å². The molecule has 0 saturated carbocycles. The summed E-state index contributed by atoms with van der Waals surface area (Å²) in [5.41, 5.74) is 2.40. The number of non-ortho nitro benzene ring substituents is 1. The van der Waals surface area contributed by atoms with E-state index in [0.717, 1.165) is 22.9 Å². The molecule has 1 aromatic heterocycles. The fraction of sp³-hybridized carbons (Fsp3) is 0.143. The standard InChI is InChI=1S/C21H17N5O4S/c1-13-8-15(11-22)9-14(2)20(13)30-19-6-7-23-21(25-19)31-12-18(27)24-16-4-3-5-17(10-16)26(28)29/h3-10H,12H2,1-2H3,(H,24,27). The van der Waals surface area contributed by atoms with E-state index in [9.17, 15) is 14.9 Å². The molecule has 0 aliphatic heterocycles. The van der Waals surface area contributed by atoms with Crippen molar-refractivity contribution < 1.29 is 14.5 Å². The van der Waals surface area contributed by atoms with Crippen LogP contribution in [0.5, 0.6) is 11.6 Å². The van der Waals surface area contributed by atoms with Crippen LogP contribution in [-0.4, -0.2) is 26.6 Å². The molecule has 1 amide bonds. The number of anilines is 1. The molecule has 10 heteroatoms. The molecule has 0 fully saturated rings. The van der Waals surface area contributed by atoms with Crippen LogP contribution in [0.2, 0.25) is 0 Å². The number of carbonyl (C=O) groups is 1. The lowest BCUT2D eigenvalue weighted by molar-refractivity contribution is -0.384. The monoisotopic (exact) mass is 435 g/mol. The zero-order chi connectivity index (χ0) is 22.4. The number of nitrogens with one attached hydrogen (secondary N) is 1. The molecule has 0 aliphatic rings. The molecule has 1 N–H and O–H groups in total. The van der Waals surface area contributed by atoms with Crippen molar-refractivity contribution in [1.29, 1.82) is 5.26 Å². The van der Waals surface area contributed by atoms with Crippen LogP contribution in [0.25, 0.3) is 0 Å². The van der Waals surface area contributed by atoms with E-state index in [1.54, 1.807) is 24.3 Å². The maximum Gasteiger partial charge on any atom is 0.271 e. The molecule has 2 aromatic carbocycles. The first-order chi connectivity index (χ1) is 14.9. The van der Waals surface area contributed by atoms with Gasteiger partial charge in [0.15, 0.2) is 5.16 Å². The van der Waals surface area contributed by atoms with Gasteiger partial charge in [-0.1, -0.05) is 17.8 Å². The Morgan fingerprint density at radius 1 is 1.26 bits per heavy atom. The SMILES string of the molecule is Cc1cc(C#N)cc(C)c1Oc1ccnc(SCC(=O)Nc2cccc([N+](=O)[O-])c2)n1. The molecular weight excluding hydrogens is 418 g/mol. The summed E-state index contributed by atoms with van der Waals surface area (Å²) in [6.07, 6.45) is 1.53. The van der Waals surface area contributed by atoms with Crippen LogP contribution in [0.3, 0.4) is 0 Å². The Kier molecular flexibility index (Phi) is 6.79. The van der Waals surface area contributed by atoms with E-state index in [0.29, 0.717) is 28.0 Å². The number of ether oxygens (including phenoxy) is 1. The van der Waals surface area contributed by atoms with E-state index in [1.165, 1.54) is 24.4 Å². The van der Waals surface area contributed by atoms with Gasteiger partial charge < -0.3 is 10.1 Å². The van der Waals surface area contributed by atoms with E-state index in [-0.39, 0.29) is 17.3 Å². The van der Waals surface area contributed by atoms with Crippen LogP contribution in [0.1, 0.15) is 16.7 Å². The second-order valence-electron chi connectivity index (χ2n) is 6.47. The van der Waals surface area contributed by atoms with Crippen molar-refractivity contribution in [2.45, 2.75) is 19.0 Å². The fourth-order valence-electron chi connectivity index (χ4n) is 2.76. The summed E-state index contributed by atoms with van der Waals surface area (Å²) in [7, 11) is 0. The zero-order valence-electron chi connectivity index (χ0n) is 16.7. The number of benzene rings is 2. The number of carbonyl (C=O) groups excluding carboxylic acids is 1. The van der Waals surface area contributed by atoms with Gasteiger partial charge >= 0.3 is 0 Å². The molecule has 0 atom stereocenters. The zero-order valence-corrected chi connectivity index (χ0v) is 17.5. The number of hydrogen-bond donors (Lipinski definition) is 1. The Labute approximate surface area is 182 Å². The topological polar surface area (TPSA) is 131 Å². The van der Waals surface area contributed by atoms with Gasteiger partial charge in [0.2, 0.25) is 11.8 Å². The number of nitro groups is 1. The third kappa shape index (κ3) is 5.77. The second-order valence-corrected chi connectivity index (χ2v) is 7.42. The van der Waals surface area contributed by atoms with Gasteiger partial charge in [-0.25, -0.2) is 4.98 Å². The highest BCUT2D eigenvalue weighted by atomic mass is 32.2. The van der Waals surface area contributed by atoms with Gasteiger partial charge in [0.1, 0.15) is 5.75 Å². The lowest BCUT2D eigenvalue weighted by Gasteiger charge is -2.12. The minimum Gasteiger partial charge on any atom is -0.438 e. The highest BCUT2D eigenvalue weighted by Crippen LogP contribution is 2.29. The van der Waals surface area contributed by atoms with E-state index < -0.39 is 4.92 Å². The minimum absolute atomic E-state index is 0.0149. The van der Waals surface area contributed by atoms with Crippen LogP contribution >= 0.6 is 11.8 Å². The number of rotatable bonds is 7. The molecule has 0 spiro atoms. The molecular formula is C21H17N5O4S. The van der Waals surface area contributed by atoms with Crippen LogP contribution in [-0.2, 0) is 4.79 Å². The maximum atomic E-state index is 12.2. The quantitative estimate of drug-likeness (QED) is 0.250. The van der Waals surface area contributed by atoms with Crippen LogP contribution < -0.4 is 10.1 Å². The number of nitrogens with zero attached hydrogens (tertiary/aromatic N) is 4. The molecule has 3 rings (SSSR count). The van der Waals surface area contributed by atoms with Gasteiger partial charge in [-0.3, -0.25) is 14.9 Å². The molecule has 156 valence electrons. The lowest BCUT2D eigenvalue weighted by atomic mass is 10.1. The molecule has 31 heavy (non-hydrogen) atoms. The number of aryl methyl sites for hydroxylation is 2. The molecule has 0 aliphatic carbocycles. The van der Waals surface area contributed by atoms with Gasteiger partial charge in [0, 0.05) is 30.1 Å². The number of amides is 1. The summed E-state index contributed by atoms with van der Waals surface area (Å²) >= 11 is 1.11. The molecule has 1 heterocycles. The van der Waals surface area contributed by atoms with E-state index in [1.807, 2.05) is 13.8 Å². The molecule has 0 unspecified atom stereocenters. The summed E-state index contributed by atoms with van der Waals surface area (Å²) in [4.78, 5) is 30.9. The summed E-state index contributed by atoms with van der Waals surface area (Å²) < 4.78 is 5.88. The van der Waals surface area contributed by atoms with Gasteiger partial charge in [0.05, 0.1) is 22.3 Å². The van der Waals surface area contributed by atoms with Crippen molar-refractivity contribution >= 4 is 29.0 Å². The Bertz CT molecular complexity index is 1170. The van der Waals surface area contributed by atoms with Crippen molar-refractivity contribution in [1.82, 2.24) is 9.97 Å². The van der Waals surface area contributed by atoms with Gasteiger partial charge in [0.25, 0.3) is 5.69 Å². The Morgan fingerprint density at radius 2 is 2.00 bits per heavy atom. The summed E-state index contributed by atoms with van der Waals surface area (Å²) in [6.45, 7) is 3.69. The third-order valence-corrected chi connectivity index (χ3v) is 4.94. The maximum absolute atomic E-state index is 12.2. The predicted octanol–water partition coefficient (Wildman–Crippen LogP) is 4.40. The molecule has 0 saturated heterocycles. The fourth-order valence-corrected chi connectivity index (χ4v) is 3.38. The summed E-state index contributed by atoms with van der Waals surface area (Å²) in [5.74, 6) is 0.588. The Balaban J connectivity index is 1.64. The molecule has 0 radical (unpaired) electrons. The van der Waals surface area contributed by atoms with Gasteiger partial charge in [-0.05, 0) is 43.2 Å². The van der Waals surface area contributed by atoms with Gasteiger partial charge in [-0.2, -0.15) is 10.2 Å². The van der Waals surface area contributed by atoms with Gasteiger partial charge in [-0.15, -0.1) is 0 Å². The minimum atomic E-state index is -0.527. The summed E-state index contributed by atoms with van der Waals surface area (Å²) in [5, 5.41) is 22.8. The number of thioether (sulfide) groups is 1. The highest BCUT2D eigenvalue weighted by Gasteiger charge is 2.12. The van der Waals surface area contributed by atoms with Crippen molar-refractivity contribution in [3.05, 3.63) is 75.5 Å². The Hall–Kier alpha value is -3.97. The highest BCUT2D eigenvalue weighted by molar-refractivity contribution is 7.99. The normalized spacial score (nSPS) is 10.2. The van der Waals surface area contributed by atoms with Crippen molar-refractivity contribution in [3.8, 4) is 17.7 Å². The first-order valence-electron chi connectivity index (χ1n) is 9.05. The van der Waals surface area contributed by atoms with E-state index >= 15 is 0 Å². The number of hydrogen-bond acceptors (Lipinski definition) is 8. The van der Waals surface area contributed by atoms with Crippen molar-refractivity contribution in [3.63, 3.8) is 0 Å². The number of aromatic nitrogens is 2. The van der Waals surface area contributed by atoms with Crippen LogP contribution in [0, 0.1) is 35.3 Å². The summed E-state index contributed by atoms with van der Waals surface area (Å²) in [6, 6.07) is 12.9. The van der Waals surface area contributed by atoms with Crippen molar-refractivity contribution in [2.75, 3.05) is 11.1 Å². The second kappa shape index (κ2) is 9.69. The molecule has 3 aromatic rings. The lowest BCUT2D eigenvalue weighted by Crippen LogP contribution is -2.14. The smallest absolute Gasteiger partial charge is 0.271 e. The average molecular weight is 435 g/mol. The molecule has 9 nitrogen and oxygen atoms in total. The predicted molar refractivity (Wildman–Crippen MR) is 115 cm³/mol. The van der Waals surface area contributed by atoms with Crippen LogP contribution in [0.4, 0.5) is 11.4 Å². The largest absolute Gasteiger partial charge is 0.438 e. The number of nitro benzene ring substituents is 1.